The molecule has 0 saturated heterocycles. The molecular formula is C15H22N2O2. The summed E-state index contributed by atoms with van der Waals surface area (Å²) in [6, 6.07) is 7.74. The predicted molar refractivity (Wildman–Crippen MR) is 74.7 cm³/mol. The van der Waals surface area contributed by atoms with Crippen LogP contribution in [0.1, 0.15) is 25.3 Å². The van der Waals surface area contributed by atoms with Gasteiger partial charge in [-0.05, 0) is 48.9 Å². The van der Waals surface area contributed by atoms with Gasteiger partial charge in [-0.1, -0.05) is 19.1 Å². The van der Waals surface area contributed by atoms with Crippen molar-refractivity contribution in [3.05, 3.63) is 29.8 Å². The van der Waals surface area contributed by atoms with E-state index in [1.165, 1.54) is 18.4 Å². The highest BCUT2D eigenvalue weighted by molar-refractivity contribution is 5.75. The highest BCUT2D eigenvalue weighted by Crippen LogP contribution is 2.36. The van der Waals surface area contributed by atoms with Gasteiger partial charge in [0, 0.05) is 6.54 Å². The topological polar surface area (TPSA) is 64.3 Å². The molecule has 4 heteroatoms. The molecule has 1 amide bonds. The van der Waals surface area contributed by atoms with E-state index in [9.17, 15) is 4.79 Å². The Morgan fingerprint density at radius 1 is 1.42 bits per heavy atom. The van der Waals surface area contributed by atoms with E-state index in [0.29, 0.717) is 5.75 Å². The SMILES string of the molecule is CC(CNCc1ccc(OCC(N)=O)cc1)C1CC1. The van der Waals surface area contributed by atoms with E-state index in [2.05, 4.69) is 12.2 Å². The lowest BCUT2D eigenvalue weighted by molar-refractivity contribution is -0.119. The largest absolute Gasteiger partial charge is 0.484 e. The zero-order valence-corrected chi connectivity index (χ0v) is 11.4. The van der Waals surface area contributed by atoms with E-state index in [-0.39, 0.29) is 6.61 Å². The summed E-state index contributed by atoms with van der Waals surface area (Å²) in [5.41, 5.74) is 6.24. The standard InChI is InChI=1S/C15H22N2O2/c1-11(13-4-5-13)8-17-9-12-2-6-14(7-3-12)19-10-15(16)18/h2-3,6-7,11,13,17H,4-5,8-10H2,1H3,(H2,16,18). The lowest BCUT2D eigenvalue weighted by atomic mass is 10.1. The zero-order chi connectivity index (χ0) is 13.7. The molecule has 0 aromatic heterocycles. The van der Waals surface area contributed by atoms with E-state index in [4.69, 9.17) is 10.5 Å². The summed E-state index contributed by atoms with van der Waals surface area (Å²) >= 11 is 0. The number of hydrogen-bond acceptors (Lipinski definition) is 3. The molecule has 1 aromatic carbocycles. The van der Waals surface area contributed by atoms with Crippen LogP contribution in [-0.4, -0.2) is 19.1 Å². The lowest BCUT2D eigenvalue weighted by Gasteiger charge is -2.11. The van der Waals surface area contributed by atoms with E-state index >= 15 is 0 Å². The third-order valence-electron chi connectivity index (χ3n) is 3.53. The molecule has 19 heavy (non-hydrogen) atoms. The second-order valence-electron chi connectivity index (χ2n) is 5.34. The Hall–Kier alpha value is -1.55. The van der Waals surface area contributed by atoms with Gasteiger partial charge in [-0.25, -0.2) is 0 Å². The average molecular weight is 262 g/mol. The summed E-state index contributed by atoms with van der Waals surface area (Å²) in [5.74, 6) is 1.93. The van der Waals surface area contributed by atoms with Crippen LogP contribution in [0.25, 0.3) is 0 Å². The van der Waals surface area contributed by atoms with Gasteiger partial charge in [0.15, 0.2) is 6.61 Å². The molecule has 0 spiro atoms. The van der Waals surface area contributed by atoms with Gasteiger partial charge in [-0.2, -0.15) is 0 Å². The second-order valence-corrected chi connectivity index (χ2v) is 5.34. The molecule has 0 radical (unpaired) electrons. The molecule has 1 aliphatic rings. The summed E-state index contributed by atoms with van der Waals surface area (Å²) in [6.07, 6.45) is 2.80. The predicted octanol–water partition coefficient (Wildman–Crippen LogP) is 1.69. The number of benzene rings is 1. The fraction of sp³-hybridized carbons (Fsp3) is 0.533. The van der Waals surface area contributed by atoms with Gasteiger partial charge < -0.3 is 15.8 Å². The molecular weight excluding hydrogens is 240 g/mol. The molecule has 1 saturated carbocycles. The third-order valence-corrected chi connectivity index (χ3v) is 3.53. The van der Waals surface area contributed by atoms with Crippen LogP contribution in [-0.2, 0) is 11.3 Å². The number of amides is 1. The maximum atomic E-state index is 10.6. The van der Waals surface area contributed by atoms with Crippen molar-refractivity contribution in [3.8, 4) is 5.75 Å². The summed E-state index contributed by atoms with van der Waals surface area (Å²) in [4.78, 5) is 10.6. The van der Waals surface area contributed by atoms with E-state index in [0.717, 1.165) is 24.9 Å². The summed E-state index contributed by atoms with van der Waals surface area (Å²) < 4.78 is 5.21. The van der Waals surface area contributed by atoms with Crippen molar-refractivity contribution < 1.29 is 9.53 Å². The van der Waals surface area contributed by atoms with Crippen LogP contribution in [0.15, 0.2) is 24.3 Å². The van der Waals surface area contributed by atoms with Crippen LogP contribution in [0.3, 0.4) is 0 Å². The van der Waals surface area contributed by atoms with Gasteiger partial charge >= 0.3 is 0 Å². The number of carbonyl (C=O) groups is 1. The maximum Gasteiger partial charge on any atom is 0.255 e. The molecule has 0 heterocycles. The van der Waals surface area contributed by atoms with Gasteiger partial charge in [-0.15, -0.1) is 0 Å². The first-order valence-corrected chi connectivity index (χ1v) is 6.86. The van der Waals surface area contributed by atoms with Crippen molar-refractivity contribution in [1.29, 1.82) is 0 Å². The van der Waals surface area contributed by atoms with Crippen molar-refractivity contribution in [2.75, 3.05) is 13.2 Å². The molecule has 1 aliphatic carbocycles. The van der Waals surface area contributed by atoms with Crippen molar-refractivity contribution in [2.24, 2.45) is 17.6 Å². The quantitative estimate of drug-likeness (QED) is 0.749. The maximum absolute atomic E-state index is 10.6. The van der Waals surface area contributed by atoms with Crippen LogP contribution in [0.5, 0.6) is 5.75 Å². The smallest absolute Gasteiger partial charge is 0.255 e. The average Bonchev–Trinajstić information content (AvgIpc) is 3.22. The summed E-state index contributed by atoms with van der Waals surface area (Å²) in [6.45, 7) is 4.18. The molecule has 104 valence electrons. The first-order chi connectivity index (χ1) is 9.15. The highest BCUT2D eigenvalue weighted by atomic mass is 16.5. The Balaban J connectivity index is 1.70. The molecule has 1 aromatic rings. The second kappa shape index (κ2) is 6.57. The number of primary amides is 1. The fourth-order valence-electron chi connectivity index (χ4n) is 2.13. The highest BCUT2D eigenvalue weighted by Gasteiger charge is 2.27. The molecule has 3 N–H and O–H groups in total. The summed E-state index contributed by atoms with van der Waals surface area (Å²) in [7, 11) is 0. The van der Waals surface area contributed by atoms with Crippen LogP contribution in [0.2, 0.25) is 0 Å². The number of nitrogens with one attached hydrogen (secondary N) is 1. The van der Waals surface area contributed by atoms with Crippen molar-refractivity contribution >= 4 is 5.91 Å². The molecule has 4 nitrogen and oxygen atoms in total. The fourth-order valence-corrected chi connectivity index (χ4v) is 2.13. The third kappa shape index (κ3) is 4.91. The molecule has 1 fully saturated rings. The van der Waals surface area contributed by atoms with Gasteiger partial charge in [0.05, 0.1) is 0 Å². The Bertz CT molecular complexity index is 413. The summed E-state index contributed by atoms with van der Waals surface area (Å²) in [5, 5.41) is 3.48. The van der Waals surface area contributed by atoms with Crippen LogP contribution in [0, 0.1) is 11.8 Å². The molecule has 1 unspecified atom stereocenters. The monoisotopic (exact) mass is 262 g/mol. The Kier molecular flexibility index (Phi) is 4.80. The zero-order valence-electron chi connectivity index (χ0n) is 11.4. The molecule has 1 atom stereocenters. The first kappa shape index (κ1) is 13.9. The number of rotatable bonds is 8. The van der Waals surface area contributed by atoms with E-state index < -0.39 is 5.91 Å². The molecule has 2 rings (SSSR count). The van der Waals surface area contributed by atoms with Crippen LogP contribution >= 0.6 is 0 Å². The van der Waals surface area contributed by atoms with Crippen molar-refractivity contribution in [1.82, 2.24) is 5.32 Å². The van der Waals surface area contributed by atoms with Crippen molar-refractivity contribution in [3.63, 3.8) is 0 Å². The number of ether oxygens (including phenoxy) is 1. The minimum Gasteiger partial charge on any atom is -0.484 e. The van der Waals surface area contributed by atoms with E-state index in [1.807, 2.05) is 24.3 Å². The number of nitrogens with two attached hydrogens (primary N) is 1. The first-order valence-electron chi connectivity index (χ1n) is 6.86. The number of carbonyl (C=O) groups excluding carboxylic acids is 1. The van der Waals surface area contributed by atoms with E-state index in [1.54, 1.807) is 0 Å². The lowest BCUT2D eigenvalue weighted by Crippen LogP contribution is -2.22. The number of hydrogen-bond donors (Lipinski definition) is 2. The Morgan fingerprint density at radius 3 is 2.68 bits per heavy atom. The van der Waals surface area contributed by atoms with Crippen LogP contribution in [0.4, 0.5) is 0 Å². The minimum atomic E-state index is -0.459. The van der Waals surface area contributed by atoms with Gasteiger partial charge in [0.1, 0.15) is 5.75 Å². The van der Waals surface area contributed by atoms with Gasteiger partial charge in [0.2, 0.25) is 0 Å². The Labute approximate surface area is 114 Å². The van der Waals surface area contributed by atoms with Crippen LogP contribution < -0.4 is 15.8 Å². The Morgan fingerprint density at radius 2 is 2.11 bits per heavy atom. The van der Waals surface area contributed by atoms with Crippen molar-refractivity contribution in [2.45, 2.75) is 26.3 Å². The molecule has 0 aliphatic heterocycles. The van der Waals surface area contributed by atoms with Gasteiger partial charge in [-0.3, -0.25) is 4.79 Å². The minimum absolute atomic E-state index is 0.0729. The normalized spacial score (nSPS) is 16.1. The van der Waals surface area contributed by atoms with Gasteiger partial charge in [0.25, 0.3) is 5.91 Å². The molecule has 0 bridgehead atoms.